The molecule has 2 rings (SSSR count). The Morgan fingerprint density at radius 1 is 1.34 bits per heavy atom. The van der Waals surface area contributed by atoms with Crippen LogP contribution in [-0.4, -0.2) is 50.8 Å². The predicted octanol–water partition coefficient (Wildman–Crippen LogP) is 4.38. The van der Waals surface area contributed by atoms with Crippen molar-refractivity contribution in [3.63, 3.8) is 0 Å². The zero-order valence-corrected chi connectivity index (χ0v) is 17.9. The van der Waals surface area contributed by atoms with Crippen LogP contribution >= 0.6 is 0 Å². The highest BCUT2D eigenvalue weighted by Crippen LogP contribution is 2.23. The lowest BCUT2D eigenvalue weighted by molar-refractivity contribution is 0.0744. The molecule has 2 aromatic heterocycles. The molecule has 0 atom stereocenters. The first-order valence-corrected chi connectivity index (χ1v) is 9.92. The van der Waals surface area contributed by atoms with Crippen molar-refractivity contribution in [1.82, 2.24) is 25.1 Å². The number of hydrogen-bond donors (Lipinski definition) is 1. The number of aromatic nitrogens is 4. The number of rotatable bonds is 9. The smallest absolute Gasteiger partial charge is 0.272 e. The summed E-state index contributed by atoms with van der Waals surface area (Å²) in [5.74, 6) is -0.206. The Morgan fingerprint density at radius 3 is 2.59 bits per heavy atom. The minimum absolute atomic E-state index is 0.0655. The molecule has 29 heavy (non-hydrogen) atoms. The number of H-pyrrole nitrogens is 1. The fraction of sp³-hybridized carbons (Fsp3) is 0.476. The van der Waals surface area contributed by atoms with Crippen LogP contribution in [0.1, 0.15) is 63.8 Å². The van der Waals surface area contributed by atoms with Crippen molar-refractivity contribution >= 4 is 18.2 Å². The SMILES string of the molecule is C=N/C(CN(CC(C)C)C(=O)c1cccc(F)n1)=C(/CCC)c1ncn[nH]1.CC. The van der Waals surface area contributed by atoms with E-state index < -0.39 is 5.95 Å². The second kappa shape index (κ2) is 12.5. The molecule has 0 spiro atoms. The normalized spacial score (nSPS) is 11.4. The Hall–Kier alpha value is -2.90. The molecule has 0 radical (unpaired) electrons. The van der Waals surface area contributed by atoms with Crippen LogP contribution in [-0.2, 0) is 0 Å². The first kappa shape index (κ1) is 24.1. The minimum atomic E-state index is -0.684. The molecule has 8 heteroatoms. The number of aromatic amines is 1. The zero-order chi connectivity index (χ0) is 21.8. The van der Waals surface area contributed by atoms with Gasteiger partial charge in [0.1, 0.15) is 12.0 Å². The van der Waals surface area contributed by atoms with E-state index in [0.717, 1.165) is 12.0 Å². The molecule has 0 bridgehead atoms. The zero-order valence-electron chi connectivity index (χ0n) is 17.9. The second-order valence-corrected chi connectivity index (χ2v) is 6.59. The van der Waals surface area contributed by atoms with Gasteiger partial charge in [-0.2, -0.15) is 9.49 Å². The molecule has 0 fully saturated rings. The number of nitrogens with one attached hydrogen (secondary N) is 1. The van der Waals surface area contributed by atoms with Crippen molar-refractivity contribution in [3.05, 3.63) is 47.7 Å². The van der Waals surface area contributed by atoms with E-state index in [-0.39, 0.29) is 24.1 Å². The number of nitrogens with zero attached hydrogens (tertiary/aromatic N) is 5. The van der Waals surface area contributed by atoms with Gasteiger partial charge in [-0.05, 0) is 31.2 Å². The fourth-order valence-corrected chi connectivity index (χ4v) is 2.77. The standard InChI is InChI=1S/C19H25FN6O.C2H6/c1-5-7-14(18-22-12-23-25-18)16(21-4)11-26(10-13(2)3)19(27)15-8-6-9-17(20)24-15;1-2/h6,8-9,12-13H,4-5,7,10-11H2,1-3H3,(H,22,23,25);1-2H3/b16-14-;. The molecular weight excluding hydrogens is 371 g/mol. The van der Waals surface area contributed by atoms with Gasteiger partial charge >= 0.3 is 0 Å². The molecule has 0 saturated carbocycles. The highest BCUT2D eigenvalue weighted by molar-refractivity contribution is 5.92. The highest BCUT2D eigenvalue weighted by atomic mass is 19.1. The van der Waals surface area contributed by atoms with Gasteiger partial charge in [-0.3, -0.25) is 14.9 Å². The number of halogens is 1. The van der Waals surface area contributed by atoms with Crippen LogP contribution in [0.5, 0.6) is 0 Å². The van der Waals surface area contributed by atoms with Gasteiger partial charge in [-0.1, -0.05) is 47.1 Å². The van der Waals surface area contributed by atoms with Crippen molar-refractivity contribution in [1.29, 1.82) is 0 Å². The molecular formula is C21H31FN6O. The van der Waals surface area contributed by atoms with Crippen molar-refractivity contribution in [2.24, 2.45) is 10.9 Å². The maximum atomic E-state index is 13.5. The summed E-state index contributed by atoms with van der Waals surface area (Å²) in [4.78, 5) is 26.6. The second-order valence-electron chi connectivity index (χ2n) is 6.59. The lowest BCUT2D eigenvalue weighted by Gasteiger charge is -2.25. The van der Waals surface area contributed by atoms with Gasteiger partial charge in [0.15, 0.2) is 5.82 Å². The number of carbonyl (C=O) groups excluding carboxylic acids is 1. The molecule has 0 saturated heterocycles. The Balaban J connectivity index is 0.00000204. The van der Waals surface area contributed by atoms with E-state index in [4.69, 9.17) is 0 Å². The van der Waals surface area contributed by atoms with Gasteiger partial charge in [0, 0.05) is 12.1 Å². The van der Waals surface area contributed by atoms with Crippen LogP contribution in [0, 0.1) is 11.9 Å². The summed E-state index contributed by atoms with van der Waals surface area (Å²) in [6, 6.07) is 4.19. The number of aliphatic imine (C=N–C) groups is 1. The lowest BCUT2D eigenvalue weighted by atomic mass is 10.1. The van der Waals surface area contributed by atoms with E-state index in [1.165, 1.54) is 24.5 Å². The Labute approximate surface area is 172 Å². The van der Waals surface area contributed by atoms with Crippen LogP contribution in [0.4, 0.5) is 4.39 Å². The lowest BCUT2D eigenvalue weighted by Crippen LogP contribution is -2.36. The number of carbonyl (C=O) groups is 1. The summed E-state index contributed by atoms with van der Waals surface area (Å²) >= 11 is 0. The molecule has 1 N–H and O–H groups in total. The Morgan fingerprint density at radius 2 is 2.07 bits per heavy atom. The van der Waals surface area contributed by atoms with Gasteiger partial charge in [-0.25, -0.2) is 9.97 Å². The molecule has 0 aromatic carbocycles. The van der Waals surface area contributed by atoms with E-state index in [1.807, 2.05) is 34.6 Å². The Bertz CT molecular complexity index is 801. The first-order valence-electron chi connectivity index (χ1n) is 9.92. The van der Waals surface area contributed by atoms with Crippen LogP contribution in [0.15, 0.2) is 35.2 Å². The van der Waals surface area contributed by atoms with Gasteiger partial charge in [0.05, 0.1) is 12.2 Å². The number of allylic oxidation sites excluding steroid dienone is 1. The van der Waals surface area contributed by atoms with E-state index in [0.29, 0.717) is 24.5 Å². The highest BCUT2D eigenvalue weighted by Gasteiger charge is 2.22. The summed E-state index contributed by atoms with van der Waals surface area (Å²) in [6.07, 6.45) is 3.02. The third kappa shape index (κ3) is 7.21. The largest absolute Gasteiger partial charge is 0.331 e. The van der Waals surface area contributed by atoms with E-state index in [2.05, 4.69) is 31.9 Å². The third-order valence-corrected chi connectivity index (χ3v) is 3.89. The monoisotopic (exact) mass is 402 g/mol. The van der Waals surface area contributed by atoms with Crippen LogP contribution in [0.25, 0.3) is 5.57 Å². The summed E-state index contributed by atoms with van der Waals surface area (Å²) in [6.45, 7) is 14.4. The molecule has 158 valence electrons. The number of amides is 1. The minimum Gasteiger partial charge on any atom is -0.331 e. The fourth-order valence-electron chi connectivity index (χ4n) is 2.77. The van der Waals surface area contributed by atoms with Crippen molar-refractivity contribution in [2.45, 2.75) is 47.5 Å². The summed E-state index contributed by atoms with van der Waals surface area (Å²) < 4.78 is 13.5. The van der Waals surface area contributed by atoms with Gasteiger partial charge in [0.25, 0.3) is 5.91 Å². The molecule has 2 aromatic rings. The molecule has 0 aliphatic carbocycles. The maximum Gasteiger partial charge on any atom is 0.272 e. The average molecular weight is 403 g/mol. The van der Waals surface area contributed by atoms with Crippen molar-refractivity contribution in [2.75, 3.05) is 13.1 Å². The van der Waals surface area contributed by atoms with Gasteiger partial charge in [-0.15, -0.1) is 0 Å². The Kier molecular flexibility index (Phi) is 10.4. The van der Waals surface area contributed by atoms with Crippen LogP contribution in [0.2, 0.25) is 0 Å². The molecule has 0 aliphatic rings. The van der Waals surface area contributed by atoms with Crippen molar-refractivity contribution < 1.29 is 9.18 Å². The van der Waals surface area contributed by atoms with Crippen LogP contribution in [0.3, 0.4) is 0 Å². The first-order chi connectivity index (χ1) is 14.0. The molecule has 2 heterocycles. The van der Waals surface area contributed by atoms with Crippen molar-refractivity contribution in [3.8, 4) is 0 Å². The van der Waals surface area contributed by atoms with E-state index >= 15 is 0 Å². The molecule has 0 aliphatic heterocycles. The molecule has 0 unspecified atom stereocenters. The summed E-state index contributed by atoms with van der Waals surface area (Å²) in [7, 11) is 0. The topological polar surface area (TPSA) is 87.1 Å². The van der Waals surface area contributed by atoms with E-state index in [9.17, 15) is 9.18 Å². The molecule has 1 amide bonds. The molecule has 7 nitrogen and oxygen atoms in total. The van der Waals surface area contributed by atoms with Gasteiger partial charge in [0.2, 0.25) is 5.95 Å². The number of hydrogen-bond acceptors (Lipinski definition) is 5. The maximum absolute atomic E-state index is 13.5. The summed E-state index contributed by atoms with van der Waals surface area (Å²) in [5.41, 5.74) is 1.56. The third-order valence-electron chi connectivity index (χ3n) is 3.89. The number of pyridine rings is 1. The van der Waals surface area contributed by atoms with Gasteiger partial charge < -0.3 is 4.90 Å². The summed E-state index contributed by atoms with van der Waals surface area (Å²) in [5, 5.41) is 6.74. The predicted molar refractivity (Wildman–Crippen MR) is 114 cm³/mol. The average Bonchev–Trinajstić information content (AvgIpc) is 3.25. The quantitative estimate of drug-likeness (QED) is 0.498. The van der Waals surface area contributed by atoms with Crippen LogP contribution < -0.4 is 0 Å². The van der Waals surface area contributed by atoms with E-state index in [1.54, 1.807) is 4.90 Å².